The van der Waals surface area contributed by atoms with Gasteiger partial charge in [-0.15, -0.1) is 12.3 Å². The van der Waals surface area contributed by atoms with E-state index in [4.69, 9.17) is 11.2 Å². The molecule has 0 bridgehead atoms. The van der Waals surface area contributed by atoms with Crippen molar-refractivity contribution in [1.82, 2.24) is 4.90 Å². The van der Waals surface area contributed by atoms with Crippen molar-refractivity contribution in [3.63, 3.8) is 0 Å². The molecular weight excluding hydrogens is 166 g/mol. The third-order valence-electron chi connectivity index (χ3n) is 1.68. The topological polar surface area (TPSA) is 29.5 Å². The van der Waals surface area contributed by atoms with Crippen LogP contribution < -0.4 is 0 Å². The first-order valence-electron chi connectivity index (χ1n) is 4.56. The summed E-state index contributed by atoms with van der Waals surface area (Å²) in [6.45, 7) is 6.15. The van der Waals surface area contributed by atoms with Crippen molar-refractivity contribution in [3.8, 4) is 12.3 Å². The number of carbonyl (C=O) groups excluding carboxylic acids is 1. The van der Waals surface area contributed by atoms with Gasteiger partial charge in [0, 0.05) is 13.0 Å². The number of nitrogens with zero attached hydrogens (tertiary/aromatic N) is 1. The Bertz CT molecular complexity index is 184. The van der Waals surface area contributed by atoms with Crippen LogP contribution in [0, 0.1) is 12.3 Å². The van der Waals surface area contributed by atoms with E-state index in [1.54, 1.807) is 6.92 Å². The fourth-order valence-electron chi connectivity index (χ4n) is 0.961. The lowest BCUT2D eigenvalue weighted by Gasteiger charge is -2.17. The molecule has 0 saturated carbocycles. The molecule has 0 aromatic heterocycles. The molecule has 13 heavy (non-hydrogen) atoms. The minimum Gasteiger partial charge on any atom is -0.465 e. The molecule has 74 valence electrons. The highest BCUT2D eigenvalue weighted by Gasteiger charge is 2.08. The van der Waals surface area contributed by atoms with Crippen molar-refractivity contribution in [1.29, 1.82) is 0 Å². The fraction of sp³-hybridized carbons (Fsp3) is 0.700. The van der Waals surface area contributed by atoms with E-state index in [-0.39, 0.29) is 5.97 Å². The predicted molar refractivity (Wildman–Crippen MR) is 52.2 cm³/mol. The van der Waals surface area contributed by atoms with Gasteiger partial charge in [-0.3, -0.25) is 9.69 Å². The minimum absolute atomic E-state index is 0.179. The summed E-state index contributed by atoms with van der Waals surface area (Å²) in [6.07, 6.45) is 5.80. The summed E-state index contributed by atoms with van der Waals surface area (Å²) < 4.78 is 4.82. The summed E-state index contributed by atoms with van der Waals surface area (Å²) >= 11 is 0. The largest absolute Gasteiger partial charge is 0.465 e. The number of rotatable bonds is 6. The Morgan fingerprint density at radius 1 is 1.54 bits per heavy atom. The van der Waals surface area contributed by atoms with Crippen LogP contribution in [0.25, 0.3) is 0 Å². The summed E-state index contributed by atoms with van der Waals surface area (Å²) in [4.78, 5) is 13.0. The SMILES string of the molecule is C#CCCN(CC)CC(=O)OCC. The molecule has 0 aromatic carbocycles. The summed E-state index contributed by atoms with van der Waals surface area (Å²) in [5.41, 5.74) is 0. The first-order valence-corrected chi connectivity index (χ1v) is 4.56. The predicted octanol–water partition coefficient (Wildman–Crippen LogP) is 0.895. The quantitative estimate of drug-likeness (QED) is 0.452. The van der Waals surface area contributed by atoms with Gasteiger partial charge in [0.25, 0.3) is 0 Å². The summed E-state index contributed by atoms with van der Waals surface area (Å²) in [5, 5.41) is 0. The molecule has 0 fully saturated rings. The number of likely N-dealkylation sites (N-methyl/N-ethyl adjacent to an activating group) is 1. The zero-order valence-corrected chi connectivity index (χ0v) is 8.38. The number of terminal acetylenes is 1. The van der Waals surface area contributed by atoms with Gasteiger partial charge in [-0.25, -0.2) is 0 Å². The van der Waals surface area contributed by atoms with Crippen LogP contribution in [0.15, 0.2) is 0 Å². The van der Waals surface area contributed by atoms with E-state index >= 15 is 0 Å². The molecule has 0 amide bonds. The number of carbonyl (C=O) groups is 1. The third-order valence-corrected chi connectivity index (χ3v) is 1.68. The smallest absolute Gasteiger partial charge is 0.320 e. The molecule has 0 atom stereocenters. The number of esters is 1. The van der Waals surface area contributed by atoms with Crippen LogP contribution >= 0.6 is 0 Å². The van der Waals surface area contributed by atoms with Gasteiger partial charge in [0.1, 0.15) is 0 Å². The first-order chi connectivity index (χ1) is 6.24. The highest BCUT2D eigenvalue weighted by molar-refractivity contribution is 5.71. The molecule has 0 radical (unpaired) electrons. The number of hydrogen-bond acceptors (Lipinski definition) is 3. The lowest BCUT2D eigenvalue weighted by molar-refractivity contribution is -0.144. The van der Waals surface area contributed by atoms with Crippen molar-refractivity contribution in [2.45, 2.75) is 20.3 Å². The van der Waals surface area contributed by atoms with Crippen LogP contribution in [0.5, 0.6) is 0 Å². The van der Waals surface area contributed by atoms with E-state index in [9.17, 15) is 4.79 Å². The Morgan fingerprint density at radius 2 is 2.23 bits per heavy atom. The zero-order valence-electron chi connectivity index (χ0n) is 8.38. The second kappa shape index (κ2) is 7.63. The van der Waals surface area contributed by atoms with Gasteiger partial charge in [0.15, 0.2) is 0 Å². The Hall–Kier alpha value is -1.01. The van der Waals surface area contributed by atoms with E-state index in [1.807, 2.05) is 11.8 Å². The van der Waals surface area contributed by atoms with E-state index < -0.39 is 0 Å². The monoisotopic (exact) mass is 183 g/mol. The van der Waals surface area contributed by atoms with Crippen molar-refractivity contribution < 1.29 is 9.53 Å². The van der Waals surface area contributed by atoms with Gasteiger partial charge < -0.3 is 4.74 Å². The zero-order chi connectivity index (χ0) is 10.1. The lowest BCUT2D eigenvalue weighted by atomic mass is 10.4. The molecule has 3 heteroatoms. The standard InChI is InChI=1S/C10H17NO2/c1-4-7-8-11(5-2)9-10(12)13-6-3/h1H,5-9H2,2-3H3. The molecule has 0 spiro atoms. The highest BCUT2D eigenvalue weighted by atomic mass is 16.5. The van der Waals surface area contributed by atoms with Crippen LogP contribution in [0.2, 0.25) is 0 Å². The third kappa shape index (κ3) is 6.18. The normalized spacial score (nSPS) is 9.69. The second-order valence-corrected chi connectivity index (χ2v) is 2.63. The molecular formula is C10H17NO2. The molecule has 0 aliphatic heterocycles. The molecule has 0 heterocycles. The Balaban J connectivity index is 3.70. The van der Waals surface area contributed by atoms with Gasteiger partial charge in [-0.05, 0) is 13.5 Å². The molecule has 0 unspecified atom stereocenters. The van der Waals surface area contributed by atoms with Crippen LogP contribution in [-0.4, -0.2) is 37.1 Å². The van der Waals surface area contributed by atoms with E-state index in [0.29, 0.717) is 19.6 Å². The molecule has 0 saturated heterocycles. The first kappa shape index (κ1) is 12.0. The molecule has 0 N–H and O–H groups in total. The molecule has 0 rings (SSSR count). The van der Waals surface area contributed by atoms with E-state index in [2.05, 4.69) is 5.92 Å². The van der Waals surface area contributed by atoms with Crippen molar-refractivity contribution >= 4 is 5.97 Å². The molecule has 0 aromatic rings. The van der Waals surface area contributed by atoms with Gasteiger partial charge in [0.05, 0.1) is 13.2 Å². The average molecular weight is 183 g/mol. The maximum atomic E-state index is 11.1. The van der Waals surface area contributed by atoms with Crippen LogP contribution in [-0.2, 0) is 9.53 Å². The highest BCUT2D eigenvalue weighted by Crippen LogP contribution is 1.91. The number of ether oxygens (including phenoxy) is 1. The van der Waals surface area contributed by atoms with Crippen LogP contribution in [0.1, 0.15) is 20.3 Å². The van der Waals surface area contributed by atoms with E-state index in [1.165, 1.54) is 0 Å². The maximum absolute atomic E-state index is 11.1. The second-order valence-electron chi connectivity index (χ2n) is 2.63. The summed E-state index contributed by atoms with van der Waals surface area (Å²) in [7, 11) is 0. The van der Waals surface area contributed by atoms with Gasteiger partial charge in [0.2, 0.25) is 0 Å². The van der Waals surface area contributed by atoms with Gasteiger partial charge >= 0.3 is 5.97 Å². The van der Waals surface area contributed by atoms with Crippen LogP contribution in [0.3, 0.4) is 0 Å². The lowest BCUT2D eigenvalue weighted by Crippen LogP contribution is -2.31. The molecule has 0 aliphatic carbocycles. The summed E-state index contributed by atoms with van der Waals surface area (Å²) in [6, 6.07) is 0. The molecule has 0 aliphatic rings. The van der Waals surface area contributed by atoms with Crippen molar-refractivity contribution in [2.75, 3.05) is 26.2 Å². The molecule has 3 nitrogen and oxygen atoms in total. The summed E-state index contributed by atoms with van der Waals surface area (Å²) in [5.74, 6) is 2.36. The Kier molecular flexibility index (Phi) is 7.04. The average Bonchev–Trinajstić information content (AvgIpc) is 2.12. The Labute approximate surface area is 80.1 Å². The maximum Gasteiger partial charge on any atom is 0.320 e. The van der Waals surface area contributed by atoms with Crippen molar-refractivity contribution in [2.24, 2.45) is 0 Å². The Morgan fingerprint density at radius 3 is 2.69 bits per heavy atom. The van der Waals surface area contributed by atoms with E-state index in [0.717, 1.165) is 13.1 Å². The van der Waals surface area contributed by atoms with Gasteiger partial charge in [-0.2, -0.15) is 0 Å². The van der Waals surface area contributed by atoms with Crippen LogP contribution in [0.4, 0.5) is 0 Å². The van der Waals surface area contributed by atoms with Gasteiger partial charge in [-0.1, -0.05) is 6.92 Å². The van der Waals surface area contributed by atoms with Crippen molar-refractivity contribution in [3.05, 3.63) is 0 Å². The minimum atomic E-state index is -0.179. The number of hydrogen-bond donors (Lipinski definition) is 0. The fourth-order valence-corrected chi connectivity index (χ4v) is 0.961.